The van der Waals surface area contributed by atoms with E-state index in [0.717, 1.165) is 24.9 Å². The Kier molecular flexibility index (Phi) is 12.1. The van der Waals surface area contributed by atoms with Crippen LogP contribution in [0.5, 0.6) is 0 Å². The van der Waals surface area contributed by atoms with Gasteiger partial charge in [-0.25, -0.2) is 4.98 Å². The lowest BCUT2D eigenvalue weighted by molar-refractivity contribution is 0.522. The summed E-state index contributed by atoms with van der Waals surface area (Å²) in [6.45, 7) is 3.40. The molecule has 1 aromatic heterocycles. The van der Waals surface area contributed by atoms with Gasteiger partial charge < -0.3 is 4.57 Å². The third kappa shape index (κ3) is 9.35. The van der Waals surface area contributed by atoms with E-state index in [-0.39, 0.29) is 0 Å². The Hall–Kier alpha value is -2.09. The van der Waals surface area contributed by atoms with Gasteiger partial charge >= 0.3 is 0 Å². The smallest absolute Gasteiger partial charge is 0.110 e. The highest BCUT2D eigenvalue weighted by atomic mass is 15.1. The van der Waals surface area contributed by atoms with Gasteiger partial charge in [0.25, 0.3) is 0 Å². The number of rotatable bonds is 18. The predicted molar refractivity (Wildman–Crippen MR) is 144 cm³/mol. The van der Waals surface area contributed by atoms with Gasteiger partial charge in [0.15, 0.2) is 0 Å². The maximum absolute atomic E-state index is 4.98. The zero-order chi connectivity index (χ0) is 23.0. The number of benzene rings is 2. The third-order valence-corrected chi connectivity index (χ3v) is 6.95. The van der Waals surface area contributed by atoms with Crippen molar-refractivity contribution in [3.63, 3.8) is 0 Å². The summed E-state index contributed by atoms with van der Waals surface area (Å²) in [6, 6.07) is 19.4. The van der Waals surface area contributed by atoms with Gasteiger partial charge in [0, 0.05) is 13.0 Å². The minimum absolute atomic E-state index is 1.01. The second kappa shape index (κ2) is 15.7. The largest absolute Gasteiger partial charge is 0.328 e. The summed E-state index contributed by atoms with van der Waals surface area (Å²) in [6.07, 6.45) is 21.8. The Bertz CT molecular complexity index is 880. The number of hydrogen-bond donors (Lipinski definition) is 0. The fourth-order valence-electron chi connectivity index (χ4n) is 4.93. The van der Waals surface area contributed by atoms with E-state index in [1.54, 1.807) is 0 Å². The molecule has 3 aromatic rings. The molecular weight excluding hydrogens is 400 g/mol. The monoisotopic (exact) mass is 446 g/mol. The van der Waals surface area contributed by atoms with Gasteiger partial charge in [-0.2, -0.15) is 0 Å². The fourth-order valence-corrected chi connectivity index (χ4v) is 4.93. The Morgan fingerprint density at radius 1 is 0.576 bits per heavy atom. The third-order valence-electron chi connectivity index (χ3n) is 6.95. The number of nitrogens with zero attached hydrogens (tertiary/aromatic N) is 2. The number of para-hydroxylation sites is 2. The zero-order valence-corrected chi connectivity index (χ0v) is 21.1. The average molecular weight is 447 g/mol. The minimum Gasteiger partial charge on any atom is -0.328 e. The van der Waals surface area contributed by atoms with Crippen LogP contribution < -0.4 is 0 Å². The lowest BCUT2D eigenvalue weighted by Crippen LogP contribution is -2.06. The van der Waals surface area contributed by atoms with Crippen LogP contribution in [0, 0.1) is 0 Å². The molecule has 0 unspecified atom stereocenters. The summed E-state index contributed by atoms with van der Waals surface area (Å²) in [5.41, 5.74) is 3.84. The van der Waals surface area contributed by atoms with Gasteiger partial charge in [-0.05, 0) is 30.5 Å². The molecule has 0 N–H and O–H groups in total. The predicted octanol–water partition coefficient (Wildman–Crippen LogP) is 9.30. The first-order valence-corrected chi connectivity index (χ1v) is 13.9. The van der Waals surface area contributed by atoms with E-state index < -0.39 is 0 Å². The van der Waals surface area contributed by atoms with Gasteiger partial charge in [-0.3, -0.25) is 0 Å². The normalized spacial score (nSPS) is 11.4. The summed E-state index contributed by atoms with van der Waals surface area (Å²) in [7, 11) is 0. The molecule has 0 radical (unpaired) electrons. The first-order chi connectivity index (χ1) is 16.4. The molecule has 0 saturated carbocycles. The summed E-state index contributed by atoms with van der Waals surface area (Å²) >= 11 is 0. The summed E-state index contributed by atoms with van der Waals surface area (Å²) in [5, 5.41) is 0. The van der Waals surface area contributed by atoms with E-state index >= 15 is 0 Å². The number of unbranched alkanes of at least 4 members (excludes halogenated alkanes) is 13. The van der Waals surface area contributed by atoms with Crippen LogP contribution in [-0.4, -0.2) is 9.55 Å². The molecule has 3 rings (SSSR count). The Labute approximate surface area is 202 Å². The average Bonchev–Trinajstić information content (AvgIpc) is 3.21. The quantitative estimate of drug-likeness (QED) is 0.178. The molecule has 0 amide bonds. The van der Waals surface area contributed by atoms with Crippen molar-refractivity contribution in [2.75, 3.05) is 0 Å². The van der Waals surface area contributed by atoms with Crippen LogP contribution in [0.2, 0.25) is 0 Å². The van der Waals surface area contributed by atoms with Crippen LogP contribution in [0.4, 0.5) is 0 Å². The van der Waals surface area contributed by atoms with Gasteiger partial charge in [-0.15, -0.1) is 0 Å². The topological polar surface area (TPSA) is 17.8 Å². The van der Waals surface area contributed by atoms with Gasteiger partial charge in [0.1, 0.15) is 5.82 Å². The number of imidazole rings is 1. The van der Waals surface area contributed by atoms with Crippen molar-refractivity contribution in [2.24, 2.45) is 0 Å². The van der Waals surface area contributed by atoms with E-state index in [2.05, 4.69) is 66.1 Å². The Morgan fingerprint density at radius 2 is 1.12 bits per heavy atom. The maximum atomic E-state index is 4.98. The first kappa shape index (κ1) is 25.5. The molecule has 0 aliphatic heterocycles. The van der Waals surface area contributed by atoms with Crippen molar-refractivity contribution in [3.05, 3.63) is 66.0 Å². The van der Waals surface area contributed by atoms with Crippen molar-refractivity contribution < 1.29 is 0 Å². The molecule has 0 atom stereocenters. The first-order valence-electron chi connectivity index (χ1n) is 13.9. The van der Waals surface area contributed by atoms with Crippen LogP contribution in [0.25, 0.3) is 11.0 Å². The number of aryl methyl sites for hydroxylation is 3. The van der Waals surface area contributed by atoms with Crippen molar-refractivity contribution in [3.8, 4) is 0 Å². The minimum atomic E-state index is 1.01. The molecule has 2 aromatic carbocycles. The van der Waals surface area contributed by atoms with Crippen LogP contribution in [0.15, 0.2) is 54.6 Å². The highest BCUT2D eigenvalue weighted by molar-refractivity contribution is 5.75. The summed E-state index contributed by atoms with van der Waals surface area (Å²) in [4.78, 5) is 4.98. The van der Waals surface area contributed by atoms with Crippen molar-refractivity contribution in [2.45, 2.75) is 116 Å². The second-order valence-electron chi connectivity index (χ2n) is 9.75. The number of aromatic nitrogens is 2. The molecule has 2 nitrogen and oxygen atoms in total. The van der Waals surface area contributed by atoms with Gasteiger partial charge in [0.2, 0.25) is 0 Å². The highest BCUT2D eigenvalue weighted by Gasteiger charge is 2.10. The lowest BCUT2D eigenvalue weighted by atomic mass is 10.0. The van der Waals surface area contributed by atoms with Crippen LogP contribution >= 0.6 is 0 Å². The van der Waals surface area contributed by atoms with E-state index in [1.807, 2.05) is 0 Å². The Balaban J connectivity index is 1.31. The van der Waals surface area contributed by atoms with Crippen LogP contribution in [0.1, 0.15) is 108 Å². The van der Waals surface area contributed by atoms with E-state index in [9.17, 15) is 0 Å². The molecule has 0 bridgehead atoms. The van der Waals surface area contributed by atoms with E-state index in [1.165, 1.54) is 107 Å². The number of hydrogen-bond acceptors (Lipinski definition) is 1. The molecule has 2 heteroatoms. The molecule has 0 saturated heterocycles. The van der Waals surface area contributed by atoms with Crippen LogP contribution in [-0.2, 0) is 19.4 Å². The molecule has 33 heavy (non-hydrogen) atoms. The molecule has 1 heterocycles. The number of fused-ring (bicyclic) bond motifs is 1. The molecular formula is C31H46N2. The maximum Gasteiger partial charge on any atom is 0.110 e. The van der Waals surface area contributed by atoms with Gasteiger partial charge in [-0.1, -0.05) is 133 Å². The molecule has 0 fully saturated rings. The fraction of sp³-hybridized carbons (Fsp3) is 0.581. The van der Waals surface area contributed by atoms with Crippen molar-refractivity contribution >= 4 is 11.0 Å². The lowest BCUT2D eigenvalue weighted by Gasteiger charge is -2.10. The van der Waals surface area contributed by atoms with Crippen molar-refractivity contribution in [1.82, 2.24) is 9.55 Å². The zero-order valence-electron chi connectivity index (χ0n) is 21.1. The Morgan fingerprint density at radius 3 is 1.76 bits per heavy atom. The van der Waals surface area contributed by atoms with Crippen LogP contribution in [0.3, 0.4) is 0 Å². The summed E-state index contributed by atoms with van der Waals surface area (Å²) < 4.78 is 2.48. The molecule has 0 spiro atoms. The molecule has 0 aliphatic carbocycles. The van der Waals surface area contributed by atoms with E-state index in [0.29, 0.717) is 0 Å². The summed E-state index contributed by atoms with van der Waals surface area (Å²) in [5.74, 6) is 1.25. The second-order valence-corrected chi connectivity index (χ2v) is 9.75. The molecule has 0 aliphatic rings. The SMILES string of the molecule is CCCCCCCCCCCCCCCCn1c(CCc2ccccc2)nc2ccccc21. The van der Waals surface area contributed by atoms with Crippen molar-refractivity contribution in [1.29, 1.82) is 0 Å². The standard InChI is InChI=1S/C31H46N2/c1-2-3-4-5-6-7-8-9-10-11-12-13-14-20-27-33-30-24-19-18-23-29(30)32-31(33)26-25-28-21-16-15-17-22-28/h15-19,21-24H,2-14,20,25-27H2,1H3. The molecule has 180 valence electrons. The van der Waals surface area contributed by atoms with E-state index in [4.69, 9.17) is 4.98 Å². The van der Waals surface area contributed by atoms with Gasteiger partial charge in [0.05, 0.1) is 11.0 Å². The highest BCUT2D eigenvalue weighted by Crippen LogP contribution is 2.19.